The van der Waals surface area contributed by atoms with E-state index in [1.807, 2.05) is 18.2 Å². The van der Waals surface area contributed by atoms with Crippen molar-refractivity contribution in [2.45, 2.75) is 12.8 Å². The van der Waals surface area contributed by atoms with Crippen LogP contribution in [0.4, 0.5) is 0 Å². The van der Waals surface area contributed by atoms with Gasteiger partial charge in [0, 0.05) is 23.8 Å². The van der Waals surface area contributed by atoms with Gasteiger partial charge in [-0.05, 0) is 30.9 Å². The van der Waals surface area contributed by atoms with Gasteiger partial charge in [-0.1, -0.05) is 15.9 Å². The Bertz CT molecular complexity index is 362. The molecule has 1 aromatic rings. The molecule has 1 aliphatic rings. The third-order valence-corrected chi connectivity index (χ3v) is 3.36. The highest BCUT2D eigenvalue weighted by Crippen LogP contribution is 2.27. The molecule has 0 amide bonds. The van der Waals surface area contributed by atoms with E-state index in [2.05, 4.69) is 15.9 Å². The van der Waals surface area contributed by atoms with E-state index in [1.165, 1.54) is 0 Å². The largest absolute Gasteiger partial charge is 0.497 e. The molecule has 1 heterocycles. The third kappa shape index (κ3) is 3.89. The van der Waals surface area contributed by atoms with Crippen LogP contribution >= 0.6 is 15.9 Å². The maximum Gasteiger partial charge on any atom is 0.124 e. The van der Waals surface area contributed by atoms with Crippen molar-refractivity contribution in [1.29, 1.82) is 0 Å². The smallest absolute Gasteiger partial charge is 0.124 e. The second-order valence-electron chi connectivity index (χ2n) is 4.19. The lowest BCUT2D eigenvalue weighted by molar-refractivity contribution is 0.0497. The van der Waals surface area contributed by atoms with Crippen molar-refractivity contribution in [2.24, 2.45) is 5.92 Å². The molecule has 1 fully saturated rings. The highest BCUT2D eigenvalue weighted by molar-refractivity contribution is 9.10. The first-order chi connectivity index (χ1) is 8.28. The lowest BCUT2D eigenvalue weighted by Gasteiger charge is -2.22. The quantitative estimate of drug-likeness (QED) is 0.854. The Morgan fingerprint density at radius 3 is 2.65 bits per heavy atom. The molecule has 1 aromatic carbocycles. The molecule has 3 nitrogen and oxygen atoms in total. The minimum absolute atomic E-state index is 0.605. The van der Waals surface area contributed by atoms with Gasteiger partial charge in [0.2, 0.25) is 0 Å². The average molecular weight is 301 g/mol. The Morgan fingerprint density at radius 1 is 1.24 bits per heavy atom. The summed E-state index contributed by atoms with van der Waals surface area (Å²) in [5.74, 6) is 2.26. The van der Waals surface area contributed by atoms with Crippen LogP contribution in [0, 0.1) is 5.92 Å². The van der Waals surface area contributed by atoms with Gasteiger partial charge in [-0.15, -0.1) is 0 Å². The van der Waals surface area contributed by atoms with E-state index in [9.17, 15) is 0 Å². The fourth-order valence-electron chi connectivity index (χ4n) is 1.87. The molecule has 0 atom stereocenters. The fourth-order valence-corrected chi connectivity index (χ4v) is 2.32. The Labute approximate surface area is 110 Å². The van der Waals surface area contributed by atoms with E-state index >= 15 is 0 Å². The van der Waals surface area contributed by atoms with Crippen molar-refractivity contribution in [3.05, 3.63) is 22.7 Å². The van der Waals surface area contributed by atoms with Gasteiger partial charge in [0.25, 0.3) is 0 Å². The van der Waals surface area contributed by atoms with Crippen LogP contribution < -0.4 is 9.47 Å². The second-order valence-corrected chi connectivity index (χ2v) is 5.11. The van der Waals surface area contributed by atoms with Crippen LogP contribution in [-0.4, -0.2) is 26.9 Å². The van der Waals surface area contributed by atoms with Gasteiger partial charge >= 0.3 is 0 Å². The minimum atomic E-state index is 0.605. The molecule has 0 bridgehead atoms. The summed E-state index contributed by atoms with van der Waals surface area (Å²) in [6.45, 7) is 2.47. The lowest BCUT2D eigenvalue weighted by Crippen LogP contribution is -2.21. The first-order valence-electron chi connectivity index (χ1n) is 5.83. The molecule has 1 saturated heterocycles. The summed E-state index contributed by atoms with van der Waals surface area (Å²) in [7, 11) is 1.66. The predicted molar refractivity (Wildman–Crippen MR) is 69.7 cm³/mol. The Kier molecular flexibility index (Phi) is 4.68. The van der Waals surface area contributed by atoms with Gasteiger partial charge in [0.15, 0.2) is 0 Å². The third-order valence-electron chi connectivity index (χ3n) is 2.91. The molecule has 4 heteroatoms. The van der Waals surface area contributed by atoms with Crippen LogP contribution in [0.25, 0.3) is 0 Å². The summed E-state index contributed by atoms with van der Waals surface area (Å²) in [5, 5.41) is 0. The van der Waals surface area contributed by atoms with E-state index in [1.54, 1.807) is 7.11 Å². The van der Waals surface area contributed by atoms with Gasteiger partial charge in [-0.2, -0.15) is 0 Å². The number of methoxy groups -OCH3 is 1. The molecule has 2 rings (SSSR count). The van der Waals surface area contributed by atoms with Crippen molar-refractivity contribution in [1.82, 2.24) is 0 Å². The van der Waals surface area contributed by atoms with E-state index in [4.69, 9.17) is 14.2 Å². The first kappa shape index (κ1) is 12.7. The molecular weight excluding hydrogens is 284 g/mol. The topological polar surface area (TPSA) is 27.7 Å². The fraction of sp³-hybridized carbons (Fsp3) is 0.538. The second kappa shape index (κ2) is 6.26. The SMILES string of the molecule is COc1cc(Br)cc(OCC2CCOCC2)c1. The van der Waals surface area contributed by atoms with Crippen molar-refractivity contribution in [3.63, 3.8) is 0 Å². The van der Waals surface area contributed by atoms with Crippen molar-refractivity contribution < 1.29 is 14.2 Å². The monoisotopic (exact) mass is 300 g/mol. The van der Waals surface area contributed by atoms with Gasteiger partial charge in [-0.3, -0.25) is 0 Å². The maximum absolute atomic E-state index is 5.80. The normalized spacial score (nSPS) is 16.8. The first-order valence-corrected chi connectivity index (χ1v) is 6.62. The molecule has 1 aliphatic heterocycles. The molecule has 17 heavy (non-hydrogen) atoms. The molecule has 0 unspecified atom stereocenters. The molecule has 0 N–H and O–H groups in total. The average Bonchev–Trinajstić information content (AvgIpc) is 2.37. The highest BCUT2D eigenvalue weighted by atomic mass is 79.9. The number of benzene rings is 1. The standard InChI is InChI=1S/C13H17BrO3/c1-15-12-6-11(14)7-13(8-12)17-9-10-2-4-16-5-3-10/h6-8,10H,2-5,9H2,1H3. The summed E-state index contributed by atoms with van der Waals surface area (Å²) >= 11 is 3.44. The van der Waals surface area contributed by atoms with E-state index in [0.29, 0.717) is 5.92 Å². The Hall–Kier alpha value is -0.740. The minimum Gasteiger partial charge on any atom is -0.497 e. The maximum atomic E-state index is 5.80. The molecule has 0 aromatic heterocycles. The van der Waals surface area contributed by atoms with Gasteiger partial charge < -0.3 is 14.2 Å². The predicted octanol–water partition coefficient (Wildman–Crippen LogP) is 3.26. The van der Waals surface area contributed by atoms with Crippen LogP contribution in [0.1, 0.15) is 12.8 Å². The number of hydrogen-bond acceptors (Lipinski definition) is 3. The van der Waals surface area contributed by atoms with Crippen LogP contribution in [0.2, 0.25) is 0 Å². The van der Waals surface area contributed by atoms with Crippen LogP contribution in [0.15, 0.2) is 22.7 Å². The molecular formula is C13H17BrO3. The van der Waals surface area contributed by atoms with Crippen molar-refractivity contribution >= 4 is 15.9 Å². The summed E-state index contributed by atoms with van der Waals surface area (Å²) in [6, 6.07) is 5.78. The van der Waals surface area contributed by atoms with E-state index < -0.39 is 0 Å². The zero-order valence-corrected chi connectivity index (χ0v) is 11.5. The Morgan fingerprint density at radius 2 is 1.94 bits per heavy atom. The molecule has 0 aliphatic carbocycles. The highest BCUT2D eigenvalue weighted by Gasteiger charge is 2.14. The summed E-state index contributed by atoms with van der Waals surface area (Å²) < 4.78 is 17.3. The number of halogens is 1. The zero-order chi connectivity index (χ0) is 12.1. The molecule has 94 valence electrons. The van der Waals surface area contributed by atoms with E-state index in [0.717, 1.165) is 48.6 Å². The number of hydrogen-bond donors (Lipinski definition) is 0. The molecule has 0 spiro atoms. The summed E-state index contributed by atoms with van der Waals surface area (Å²) in [6.07, 6.45) is 2.18. The van der Waals surface area contributed by atoms with Crippen molar-refractivity contribution in [2.75, 3.05) is 26.9 Å². The van der Waals surface area contributed by atoms with Gasteiger partial charge in [-0.25, -0.2) is 0 Å². The van der Waals surface area contributed by atoms with E-state index in [-0.39, 0.29) is 0 Å². The van der Waals surface area contributed by atoms with Crippen LogP contribution in [0.3, 0.4) is 0 Å². The van der Waals surface area contributed by atoms with Crippen LogP contribution in [0.5, 0.6) is 11.5 Å². The number of rotatable bonds is 4. The van der Waals surface area contributed by atoms with Crippen molar-refractivity contribution in [3.8, 4) is 11.5 Å². The molecule has 0 radical (unpaired) electrons. The zero-order valence-electron chi connectivity index (χ0n) is 9.95. The summed E-state index contributed by atoms with van der Waals surface area (Å²) in [4.78, 5) is 0. The summed E-state index contributed by atoms with van der Waals surface area (Å²) in [5.41, 5.74) is 0. The van der Waals surface area contributed by atoms with Crippen LogP contribution in [-0.2, 0) is 4.74 Å². The number of ether oxygens (including phenoxy) is 3. The lowest BCUT2D eigenvalue weighted by atomic mass is 10.0. The molecule has 0 saturated carbocycles. The van der Waals surface area contributed by atoms with Gasteiger partial charge in [0.1, 0.15) is 11.5 Å². The Balaban J connectivity index is 1.91. The van der Waals surface area contributed by atoms with Gasteiger partial charge in [0.05, 0.1) is 13.7 Å².